The summed E-state index contributed by atoms with van der Waals surface area (Å²) >= 11 is 0. The van der Waals surface area contributed by atoms with Crippen molar-refractivity contribution in [3.8, 4) is 0 Å². The Balaban J connectivity index is 1.22. The molecule has 1 aromatic carbocycles. The molecule has 0 bridgehead atoms. The van der Waals surface area contributed by atoms with Crippen LogP contribution in [0.15, 0.2) is 29.3 Å². The highest BCUT2D eigenvalue weighted by Gasteiger charge is 2.41. The maximum absolute atomic E-state index is 13.3. The number of benzene rings is 1. The average molecular weight is 504 g/mol. The second-order valence-electron chi connectivity index (χ2n) is 10.5. The number of aryl methyl sites for hydroxylation is 2. The van der Waals surface area contributed by atoms with Crippen LogP contribution in [0.1, 0.15) is 50.5 Å². The molecule has 192 valence electrons. The zero-order valence-electron chi connectivity index (χ0n) is 20.5. The predicted octanol–water partition coefficient (Wildman–Crippen LogP) is 2.58. The van der Waals surface area contributed by atoms with Crippen LogP contribution in [-0.4, -0.2) is 67.3 Å². The number of carbonyl (C=O) groups excluding carboxylic acids is 1. The molecule has 5 rings (SSSR count). The minimum atomic E-state index is -3.67. The largest absolute Gasteiger partial charge is 0.396 e. The summed E-state index contributed by atoms with van der Waals surface area (Å²) in [5.41, 5.74) is 2.02. The number of carbonyl (C=O) groups is 1. The van der Waals surface area contributed by atoms with E-state index in [1.807, 2.05) is 23.9 Å². The Labute approximate surface area is 207 Å². The molecule has 2 saturated carbocycles. The molecule has 35 heavy (non-hydrogen) atoms. The number of amides is 1. The number of nitrogens with one attached hydrogen (secondary N) is 1. The van der Waals surface area contributed by atoms with E-state index in [2.05, 4.69) is 9.62 Å². The van der Waals surface area contributed by atoms with E-state index in [0.29, 0.717) is 64.2 Å². The van der Waals surface area contributed by atoms with Crippen LogP contribution in [0.2, 0.25) is 0 Å². The molecular weight excluding hydrogens is 466 g/mol. The van der Waals surface area contributed by atoms with Crippen LogP contribution in [0, 0.1) is 11.8 Å². The number of ether oxygens (including phenoxy) is 1. The van der Waals surface area contributed by atoms with E-state index in [4.69, 9.17) is 4.74 Å². The van der Waals surface area contributed by atoms with Crippen molar-refractivity contribution in [1.82, 2.24) is 14.2 Å². The Morgan fingerprint density at radius 3 is 2.66 bits per heavy atom. The molecule has 1 unspecified atom stereocenters. The first-order chi connectivity index (χ1) is 16.9. The summed E-state index contributed by atoms with van der Waals surface area (Å²) < 4.78 is 37.0. The van der Waals surface area contributed by atoms with E-state index in [9.17, 15) is 18.3 Å². The molecule has 0 spiro atoms. The fraction of sp³-hybridized carbons (Fsp3) is 0.654. The van der Waals surface area contributed by atoms with Crippen LogP contribution >= 0.6 is 0 Å². The molecule has 2 N–H and O–H groups in total. The predicted molar refractivity (Wildman–Crippen MR) is 133 cm³/mol. The Kier molecular flexibility index (Phi) is 7.21. The van der Waals surface area contributed by atoms with Gasteiger partial charge in [-0.2, -0.15) is 0 Å². The van der Waals surface area contributed by atoms with Gasteiger partial charge in [-0.05, 0) is 81.0 Å². The van der Waals surface area contributed by atoms with Crippen LogP contribution in [-0.2, 0) is 33.0 Å². The Hall–Kier alpha value is -1.94. The zero-order valence-corrected chi connectivity index (χ0v) is 21.3. The normalized spacial score (nSPS) is 25.8. The average Bonchev–Trinajstić information content (AvgIpc) is 3.66. The van der Waals surface area contributed by atoms with Gasteiger partial charge in [-0.25, -0.2) is 13.1 Å². The number of aromatic nitrogens is 1. The zero-order chi connectivity index (χ0) is 24.6. The number of hydrogen-bond donors (Lipinski definition) is 2. The van der Waals surface area contributed by atoms with Crippen LogP contribution in [0.5, 0.6) is 0 Å². The van der Waals surface area contributed by atoms with Gasteiger partial charge in [-0.15, -0.1) is 0 Å². The maximum atomic E-state index is 13.3. The molecular formula is C26H37N3O5S. The second-order valence-corrected chi connectivity index (χ2v) is 12.2. The third-order valence-corrected chi connectivity index (χ3v) is 9.49. The van der Waals surface area contributed by atoms with Gasteiger partial charge in [0.15, 0.2) is 0 Å². The van der Waals surface area contributed by atoms with Gasteiger partial charge in [0, 0.05) is 49.3 Å². The smallest absolute Gasteiger partial charge is 0.240 e. The van der Waals surface area contributed by atoms with E-state index in [-0.39, 0.29) is 35.4 Å². The molecule has 1 amide bonds. The first-order valence-electron chi connectivity index (χ1n) is 13.0. The molecule has 1 saturated heterocycles. The molecule has 2 aromatic rings. The SMILES string of the molecule is Cn1cc(CCCO)c2cc(S(=O)(=O)NC3CCC(C(=O)N4CCOCC4C4CC4)CC3)ccc21. The van der Waals surface area contributed by atoms with Crippen LogP contribution in [0.25, 0.3) is 10.9 Å². The molecule has 8 nitrogen and oxygen atoms in total. The van der Waals surface area contributed by atoms with Crippen molar-refractivity contribution in [2.75, 3.05) is 26.4 Å². The summed E-state index contributed by atoms with van der Waals surface area (Å²) in [6.07, 6.45) is 8.48. The fourth-order valence-electron chi connectivity index (χ4n) is 5.84. The highest BCUT2D eigenvalue weighted by Crippen LogP contribution is 2.38. The minimum absolute atomic E-state index is 0.0233. The standard InChI is InChI=1S/C26H37N3O5S/c1-28-16-20(3-2-13-30)23-15-22(10-11-24(23)28)35(32,33)27-21-8-6-19(7-9-21)26(31)29-12-14-34-17-25(29)18-4-5-18/h10-11,15-16,18-19,21,25,27,30H,2-9,12-14,17H2,1H3. The van der Waals surface area contributed by atoms with Gasteiger partial charge >= 0.3 is 0 Å². The summed E-state index contributed by atoms with van der Waals surface area (Å²) in [4.78, 5) is 15.6. The van der Waals surface area contributed by atoms with E-state index in [0.717, 1.165) is 16.5 Å². The molecule has 9 heteroatoms. The molecule has 2 heterocycles. The number of nitrogens with zero attached hydrogens (tertiary/aromatic N) is 2. The lowest BCUT2D eigenvalue weighted by molar-refractivity contribution is -0.146. The van der Waals surface area contributed by atoms with Crippen molar-refractivity contribution < 1.29 is 23.1 Å². The summed E-state index contributed by atoms with van der Waals surface area (Å²) in [6.45, 7) is 2.04. The number of morpholine rings is 1. The molecule has 1 atom stereocenters. The lowest BCUT2D eigenvalue weighted by atomic mass is 9.85. The first-order valence-corrected chi connectivity index (χ1v) is 14.4. The molecule has 1 aliphatic heterocycles. The van der Waals surface area contributed by atoms with Crippen LogP contribution in [0.4, 0.5) is 0 Å². The molecule has 3 fully saturated rings. The van der Waals surface area contributed by atoms with Gasteiger partial charge in [-0.1, -0.05) is 0 Å². The van der Waals surface area contributed by atoms with Crippen molar-refractivity contribution in [2.24, 2.45) is 18.9 Å². The Bertz CT molecular complexity index is 1170. The van der Waals surface area contributed by atoms with Crippen molar-refractivity contribution in [2.45, 2.75) is 68.3 Å². The van der Waals surface area contributed by atoms with E-state index < -0.39 is 10.0 Å². The van der Waals surface area contributed by atoms with E-state index in [1.165, 1.54) is 12.8 Å². The number of sulfonamides is 1. The van der Waals surface area contributed by atoms with Crippen LogP contribution < -0.4 is 4.72 Å². The Morgan fingerprint density at radius 2 is 1.94 bits per heavy atom. The quantitative estimate of drug-likeness (QED) is 0.577. The molecule has 1 aromatic heterocycles. The van der Waals surface area contributed by atoms with Crippen molar-refractivity contribution >= 4 is 26.8 Å². The number of aliphatic hydroxyl groups is 1. The topological polar surface area (TPSA) is 101 Å². The minimum Gasteiger partial charge on any atom is -0.396 e. The van der Waals surface area contributed by atoms with Gasteiger partial charge in [0.25, 0.3) is 0 Å². The summed E-state index contributed by atoms with van der Waals surface area (Å²) in [5.74, 6) is 0.801. The van der Waals surface area contributed by atoms with Crippen molar-refractivity contribution in [3.63, 3.8) is 0 Å². The van der Waals surface area contributed by atoms with Crippen molar-refractivity contribution in [1.29, 1.82) is 0 Å². The van der Waals surface area contributed by atoms with E-state index >= 15 is 0 Å². The summed E-state index contributed by atoms with van der Waals surface area (Å²) in [6, 6.07) is 5.32. The monoisotopic (exact) mass is 503 g/mol. The highest BCUT2D eigenvalue weighted by atomic mass is 32.2. The highest BCUT2D eigenvalue weighted by molar-refractivity contribution is 7.89. The van der Waals surface area contributed by atoms with Crippen molar-refractivity contribution in [3.05, 3.63) is 30.0 Å². The maximum Gasteiger partial charge on any atom is 0.240 e. The molecule has 0 radical (unpaired) electrons. The van der Waals surface area contributed by atoms with Gasteiger partial charge in [-0.3, -0.25) is 4.79 Å². The van der Waals surface area contributed by atoms with Gasteiger partial charge < -0.3 is 19.3 Å². The van der Waals surface area contributed by atoms with Gasteiger partial charge in [0.1, 0.15) is 0 Å². The summed E-state index contributed by atoms with van der Waals surface area (Å²) in [7, 11) is -1.72. The number of fused-ring (bicyclic) bond motifs is 1. The number of hydrogen-bond acceptors (Lipinski definition) is 5. The van der Waals surface area contributed by atoms with Crippen LogP contribution in [0.3, 0.4) is 0 Å². The van der Waals surface area contributed by atoms with Gasteiger partial charge in [0.2, 0.25) is 15.9 Å². The van der Waals surface area contributed by atoms with E-state index in [1.54, 1.807) is 12.1 Å². The molecule has 3 aliphatic rings. The number of rotatable bonds is 8. The lowest BCUT2D eigenvalue weighted by Gasteiger charge is -2.39. The number of aliphatic hydroxyl groups excluding tert-OH is 1. The second kappa shape index (κ2) is 10.2. The fourth-order valence-corrected chi connectivity index (χ4v) is 7.17. The first kappa shape index (κ1) is 24.7. The summed E-state index contributed by atoms with van der Waals surface area (Å²) in [5, 5.41) is 10.1. The lowest BCUT2D eigenvalue weighted by Crippen LogP contribution is -2.52. The Morgan fingerprint density at radius 1 is 1.17 bits per heavy atom. The van der Waals surface area contributed by atoms with Gasteiger partial charge in [0.05, 0.1) is 24.2 Å². The molecule has 2 aliphatic carbocycles. The third-order valence-electron chi connectivity index (χ3n) is 7.97. The third kappa shape index (κ3) is 5.28.